The van der Waals surface area contributed by atoms with Crippen LogP contribution in [0.1, 0.15) is 32.1 Å². The van der Waals surface area contributed by atoms with Crippen molar-refractivity contribution >= 4 is 10.8 Å². The summed E-state index contributed by atoms with van der Waals surface area (Å²) < 4.78 is 1.57. The molecule has 1 aliphatic carbocycles. The lowest BCUT2D eigenvalue weighted by molar-refractivity contribution is 0.339. The molecule has 0 spiro atoms. The van der Waals surface area contributed by atoms with Crippen LogP contribution in [0.25, 0.3) is 10.8 Å². The first-order valence-corrected chi connectivity index (χ1v) is 8.00. The van der Waals surface area contributed by atoms with E-state index in [9.17, 15) is 4.79 Å². The molecule has 0 amide bonds. The Kier molecular flexibility index (Phi) is 4.65. The predicted molar refractivity (Wildman–Crippen MR) is 85.4 cm³/mol. The Hall–Kier alpha value is -1.68. The molecule has 0 radical (unpaired) electrons. The molecule has 1 N–H and O–H groups in total. The highest BCUT2D eigenvalue weighted by atomic mass is 16.1. The van der Waals surface area contributed by atoms with Gasteiger partial charge in [-0.05, 0) is 31.4 Å². The van der Waals surface area contributed by atoms with E-state index < -0.39 is 0 Å². The van der Waals surface area contributed by atoms with Crippen LogP contribution in [0.15, 0.2) is 35.3 Å². The first-order valence-electron chi connectivity index (χ1n) is 8.00. The van der Waals surface area contributed by atoms with Gasteiger partial charge in [-0.3, -0.25) is 4.79 Å². The van der Waals surface area contributed by atoms with Crippen molar-refractivity contribution in [1.29, 1.82) is 0 Å². The number of nitrogens with one attached hydrogen (secondary N) is 1. The fourth-order valence-electron chi connectivity index (χ4n) is 3.17. The number of fused-ring (bicyclic) bond motifs is 1. The maximum Gasteiger partial charge on any atom is 0.274 e. The highest BCUT2D eigenvalue weighted by Crippen LogP contribution is 2.22. The molecule has 0 atom stereocenters. The van der Waals surface area contributed by atoms with E-state index in [4.69, 9.17) is 0 Å². The molecule has 112 valence electrons. The Labute approximate surface area is 125 Å². The van der Waals surface area contributed by atoms with Crippen LogP contribution < -0.4 is 10.9 Å². The number of nitrogens with zero attached hydrogens (tertiary/aromatic N) is 2. The second-order valence-corrected chi connectivity index (χ2v) is 5.97. The summed E-state index contributed by atoms with van der Waals surface area (Å²) in [7, 11) is 0. The lowest BCUT2D eigenvalue weighted by atomic mass is 9.89. The van der Waals surface area contributed by atoms with E-state index in [2.05, 4.69) is 10.4 Å². The molecule has 4 nitrogen and oxygen atoms in total. The summed E-state index contributed by atoms with van der Waals surface area (Å²) in [6.07, 6.45) is 8.61. The molecule has 21 heavy (non-hydrogen) atoms. The lowest BCUT2D eigenvalue weighted by Crippen LogP contribution is -2.31. The molecule has 0 aliphatic heterocycles. The largest absolute Gasteiger partial charge is 0.315 e. The van der Waals surface area contributed by atoms with Gasteiger partial charge in [0.1, 0.15) is 0 Å². The van der Waals surface area contributed by atoms with Crippen molar-refractivity contribution in [2.45, 2.75) is 38.6 Å². The first kappa shape index (κ1) is 14.3. The average Bonchev–Trinajstić information content (AvgIpc) is 2.55. The van der Waals surface area contributed by atoms with Crippen LogP contribution in [0.2, 0.25) is 0 Å². The quantitative estimate of drug-likeness (QED) is 0.859. The Morgan fingerprint density at radius 3 is 2.86 bits per heavy atom. The second-order valence-electron chi connectivity index (χ2n) is 5.97. The van der Waals surface area contributed by atoms with Gasteiger partial charge in [0.15, 0.2) is 0 Å². The molecule has 0 unspecified atom stereocenters. The van der Waals surface area contributed by atoms with Gasteiger partial charge in [0, 0.05) is 11.9 Å². The molecular formula is C17H23N3O. The van der Waals surface area contributed by atoms with Gasteiger partial charge in [0.2, 0.25) is 0 Å². The zero-order valence-electron chi connectivity index (χ0n) is 12.4. The van der Waals surface area contributed by atoms with E-state index in [1.165, 1.54) is 32.1 Å². The number of hydrogen-bond donors (Lipinski definition) is 1. The van der Waals surface area contributed by atoms with E-state index in [1.54, 1.807) is 10.9 Å². The van der Waals surface area contributed by atoms with E-state index in [1.807, 2.05) is 24.3 Å². The van der Waals surface area contributed by atoms with Gasteiger partial charge in [-0.1, -0.05) is 37.5 Å². The van der Waals surface area contributed by atoms with Crippen LogP contribution in [0.5, 0.6) is 0 Å². The Morgan fingerprint density at radius 1 is 1.19 bits per heavy atom. The summed E-state index contributed by atoms with van der Waals surface area (Å²) in [6, 6.07) is 7.62. The van der Waals surface area contributed by atoms with E-state index in [0.717, 1.165) is 29.8 Å². The van der Waals surface area contributed by atoms with Crippen LogP contribution in [0, 0.1) is 5.92 Å². The third-order valence-corrected chi connectivity index (χ3v) is 4.42. The van der Waals surface area contributed by atoms with Crippen molar-refractivity contribution in [1.82, 2.24) is 15.1 Å². The molecule has 2 aromatic rings. The normalized spacial score (nSPS) is 16.4. The third kappa shape index (κ3) is 3.50. The minimum Gasteiger partial charge on any atom is -0.315 e. The molecule has 3 rings (SSSR count). The second kappa shape index (κ2) is 6.85. The standard InChI is InChI=1S/C17H23N3O/c21-17-16-9-5-4-8-15(16)13-19-20(17)11-10-18-12-14-6-2-1-3-7-14/h4-5,8-9,13-14,18H,1-3,6-7,10-12H2. The van der Waals surface area contributed by atoms with Gasteiger partial charge in [0.25, 0.3) is 5.56 Å². The van der Waals surface area contributed by atoms with Crippen molar-refractivity contribution in [2.75, 3.05) is 13.1 Å². The van der Waals surface area contributed by atoms with Crippen molar-refractivity contribution in [3.8, 4) is 0 Å². The van der Waals surface area contributed by atoms with E-state index in [0.29, 0.717) is 6.54 Å². The molecule has 1 aromatic heterocycles. The first-order chi connectivity index (χ1) is 10.3. The zero-order valence-corrected chi connectivity index (χ0v) is 12.4. The summed E-state index contributed by atoms with van der Waals surface area (Å²) in [5.74, 6) is 0.819. The SMILES string of the molecule is O=c1c2ccccc2cnn1CCNCC1CCCCC1. The molecule has 1 fully saturated rings. The van der Waals surface area contributed by atoms with Crippen LogP contribution in [0.4, 0.5) is 0 Å². The molecule has 1 aromatic carbocycles. The smallest absolute Gasteiger partial charge is 0.274 e. The Bertz CT molecular complexity index is 644. The number of benzene rings is 1. The minimum atomic E-state index is 0.00701. The molecule has 1 heterocycles. The van der Waals surface area contributed by atoms with Gasteiger partial charge < -0.3 is 5.32 Å². The van der Waals surface area contributed by atoms with Crippen molar-refractivity contribution < 1.29 is 0 Å². The summed E-state index contributed by atoms with van der Waals surface area (Å²) in [4.78, 5) is 12.3. The van der Waals surface area contributed by atoms with E-state index in [-0.39, 0.29) is 5.56 Å². The Balaban J connectivity index is 1.55. The summed E-state index contributed by atoms with van der Waals surface area (Å²) in [6.45, 7) is 2.51. The van der Waals surface area contributed by atoms with Crippen LogP contribution in [0.3, 0.4) is 0 Å². The maximum atomic E-state index is 12.3. The molecule has 0 saturated heterocycles. The van der Waals surface area contributed by atoms with E-state index >= 15 is 0 Å². The van der Waals surface area contributed by atoms with Gasteiger partial charge in [-0.25, -0.2) is 4.68 Å². The molecule has 1 saturated carbocycles. The number of aromatic nitrogens is 2. The zero-order chi connectivity index (χ0) is 14.5. The molecule has 1 aliphatic rings. The fourth-order valence-corrected chi connectivity index (χ4v) is 3.17. The maximum absolute atomic E-state index is 12.3. The average molecular weight is 285 g/mol. The monoisotopic (exact) mass is 285 g/mol. The van der Waals surface area contributed by atoms with Crippen molar-refractivity contribution in [3.63, 3.8) is 0 Å². The van der Waals surface area contributed by atoms with Gasteiger partial charge in [-0.2, -0.15) is 5.10 Å². The summed E-state index contributed by atoms with van der Waals surface area (Å²) in [5, 5.41) is 9.39. The van der Waals surface area contributed by atoms with Gasteiger partial charge in [0.05, 0.1) is 18.1 Å². The topological polar surface area (TPSA) is 46.9 Å². The fraction of sp³-hybridized carbons (Fsp3) is 0.529. The predicted octanol–water partition coefficient (Wildman–Crippen LogP) is 2.57. The molecule has 0 bridgehead atoms. The van der Waals surface area contributed by atoms with Gasteiger partial charge in [-0.15, -0.1) is 0 Å². The molecule has 4 heteroatoms. The van der Waals surface area contributed by atoms with Crippen molar-refractivity contribution in [3.05, 3.63) is 40.8 Å². The minimum absolute atomic E-state index is 0.00701. The number of hydrogen-bond acceptors (Lipinski definition) is 3. The highest BCUT2D eigenvalue weighted by molar-refractivity contribution is 5.80. The number of rotatable bonds is 5. The Morgan fingerprint density at radius 2 is 2.00 bits per heavy atom. The van der Waals surface area contributed by atoms with Crippen LogP contribution in [-0.2, 0) is 6.54 Å². The molecular weight excluding hydrogens is 262 g/mol. The summed E-state index contributed by atoms with van der Waals surface area (Å²) >= 11 is 0. The third-order valence-electron chi connectivity index (χ3n) is 4.42. The van der Waals surface area contributed by atoms with Crippen LogP contribution in [-0.4, -0.2) is 22.9 Å². The summed E-state index contributed by atoms with van der Waals surface area (Å²) in [5.41, 5.74) is 0.00701. The van der Waals surface area contributed by atoms with Crippen molar-refractivity contribution in [2.24, 2.45) is 5.92 Å². The lowest BCUT2D eigenvalue weighted by Gasteiger charge is -2.21. The van der Waals surface area contributed by atoms with Gasteiger partial charge >= 0.3 is 0 Å². The van der Waals surface area contributed by atoms with Crippen LogP contribution >= 0.6 is 0 Å². The highest BCUT2D eigenvalue weighted by Gasteiger charge is 2.12.